The van der Waals surface area contributed by atoms with Gasteiger partial charge in [0.25, 0.3) is 0 Å². The molecule has 0 radical (unpaired) electrons. The van der Waals surface area contributed by atoms with Gasteiger partial charge in [-0.15, -0.1) is 0 Å². The summed E-state index contributed by atoms with van der Waals surface area (Å²) in [5.74, 6) is 0.960. The average molecular weight is 294 g/mol. The molecular weight excluding hydrogens is 264 g/mol. The number of nitrogens with zero attached hydrogens (tertiary/aromatic N) is 1. The van der Waals surface area contributed by atoms with Crippen LogP contribution < -0.4 is 5.32 Å². The van der Waals surface area contributed by atoms with Gasteiger partial charge in [-0.05, 0) is 38.5 Å². The Morgan fingerprint density at radius 2 is 1.90 bits per heavy atom. The first-order valence-electron chi connectivity index (χ1n) is 8.65. The largest absolute Gasteiger partial charge is 0.340 e. The second-order valence-electron chi connectivity index (χ2n) is 6.89. The van der Waals surface area contributed by atoms with Crippen LogP contribution in [0.2, 0.25) is 0 Å². The zero-order chi connectivity index (χ0) is 15.5. The zero-order valence-corrected chi connectivity index (χ0v) is 13.8. The molecule has 2 amide bonds. The number of carbonyl (C=O) groups excluding carboxylic acids is 2. The van der Waals surface area contributed by atoms with E-state index in [1.54, 1.807) is 0 Å². The summed E-state index contributed by atoms with van der Waals surface area (Å²) < 4.78 is 0. The lowest BCUT2D eigenvalue weighted by atomic mass is 9.90. The van der Waals surface area contributed by atoms with Crippen LogP contribution in [0.3, 0.4) is 0 Å². The van der Waals surface area contributed by atoms with Gasteiger partial charge in [0.1, 0.15) is 11.6 Å². The highest BCUT2D eigenvalue weighted by Gasteiger charge is 2.45. The van der Waals surface area contributed by atoms with Gasteiger partial charge in [-0.3, -0.25) is 9.59 Å². The molecule has 4 heteroatoms. The van der Waals surface area contributed by atoms with Crippen LogP contribution >= 0.6 is 0 Å². The summed E-state index contributed by atoms with van der Waals surface area (Å²) in [7, 11) is 0. The lowest BCUT2D eigenvalue weighted by molar-refractivity contribution is -0.154. The monoisotopic (exact) mass is 294 g/mol. The van der Waals surface area contributed by atoms with Crippen molar-refractivity contribution in [1.82, 2.24) is 10.2 Å². The molecule has 4 nitrogen and oxygen atoms in total. The minimum Gasteiger partial charge on any atom is -0.340 e. The minimum atomic E-state index is -0.712. The molecule has 1 saturated carbocycles. The Morgan fingerprint density at radius 1 is 1.24 bits per heavy atom. The van der Waals surface area contributed by atoms with E-state index in [0.717, 1.165) is 18.9 Å². The molecule has 0 spiro atoms. The van der Waals surface area contributed by atoms with Gasteiger partial charge < -0.3 is 10.2 Å². The van der Waals surface area contributed by atoms with Crippen LogP contribution in [-0.4, -0.2) is 34.8 Å². The topological polar surface area (TPSA) is 49.4 Å². The molecule has 120 valence electrons. The fraction of sp³-hybridized carbons (Fsp3) is 0.882. The van der Waals surface area contributed by atoms with E-state index in [4.69, 9.17) is 0 Å². The van der Waals surface area contributed by atoms with E-state index in [0.29, 0.717) is 12.8 Å². The molecule has 0 aromatic heterocycles. The molecule has 1 N–H and O–H groups in total. The van der Waals surface area contributed by atoms with E-state index in [1.165, 1.54) is 32.1 Å². The molecule has 1 aliphatic heterocycles. The van der Waals surface area contributed by atoms with Gasteiger partial charge in [-0.2, -0.15) is 0 Å². The highest BCUT2D eigenvalue weighted by atomic mass is 16.2. The van der Waals surface area contributed by atoms with E-state index in [9.17, 15) is 9.59 Å². The SMILES string of the molecule is CCC1C(=O)NC(C)(CC)C(=O)N1CCCC1CCCC1. The maximum Gasteiger partial charge on any atom is 0.248 e. The van der Waals surface area contributed by atoms with Gasteiger partial charge in [0.15, 0.2) is 0 Å². The lowest BCUT2D eigenvalue weighted by Crippen LogP contribution is -2.69. The van der Waals surface area contributed by atoms with Crippen molar-refractivity contribution >= 4 is 11.8 Å². The van der Waals surface area contributed by atoms with Crippen LogP contribution in [-0.2, 0) is 9.59 Å². The second-order valence-corrected chi connectivity index (χ2v) is 6.89. The van der Waals surface area contributed by atoms with E-state index in [1.807, 2.05) is 25.7 Å². The van der Waals surface area contributed by atoms with Crippen LogP contribution in [0.4, 0.5) is 0 Å². The number of amides is 2. The van der Waals surface area contributed by atoms with E-state index < -0.39 is 5.54 Å². The molecule has 1 heterocycles. The van der Waals surface area contributed by atoms with Crippen molar-refractivity contribution in [3.8, 4) is 0 Å². The number of hydrogen-bond acceptors (Lipinski definition) is 2. The highest BCUT2D eigenvalue weighted by molar-refractivity contribution is 5.99. The Hall–Kier alpha value is -1.06. The zero-order valence-electron chi connectivity index (χ0n) is 13.8. The molecule has 1 saturated heterocycles. The first-order valence-corrected chi connectivity index (χ1v) is 8.65. The molecule has 2 aliphatic rings. The summed E-state index contributed by atoms with van der Waals surface area (Å²) in [5, 5.41) is 2.92. The fourth-order valence-electron chi connectivity index (χ4n) is 3.76. The molecule has 2 unspecified atom stereocenters. The van der Waals surface area contributed by atoms with Crippen molar-refractivity contribution in [3.63, 3.8) is 0 Å². The summed E-state index contributed by atoms with van der Waals surface area (Å²) in [6, 6.07) is -0.277. The van der Waals surface area contributed by atoms with Crippen LogP contribution in [0, 0.1) is 5.92 Å². The Balaban J connectivity index is 1.98. The summed E-state index contributed by atoms with van der Waals surface area (Å²) in [6.07, 6.45) is 8.98. The average Bonchev–Trinajstić information content (AvgIpc) is 2.97. The van der Waals surface area contributed by atoms with Crippen LogP contribution in [0.25, 0.3) is 0 Å². The van der Waals surface area contributed by atoms with E-state index in [-0.39, 0.29) is 17.9 Å². The minimum absolute atomic E-state index is 0.0160. The fourth-order valence-corrected chi connectivity index (χ4v) is 3.76. The molecule has 2 rings (SSSR count). The molecular formula is C17H30N2O2. The van der Waals surface area contributed by atoms with Crippen molar-refractivity contribution in [1.29, 1.82) is 0 Å². The smallest absolute Gasteiger partial charge is 0.248 e. The quantitative estimate of drug-likeness (QED) is 0.819. The molecule has 21 heavy (non-hydrogen) atoms. The van der Waals surface area contributed by atoms with Gasteiger partial charge in [0.2, 0.25) is 11.8 Å². The van der Waals surface area contributed by atoms with Crippen LogP contribution in [0.15, 0.2) is 0 Å². The van der Waals surface area contributed by atoms with Crippen molar-refractivity contribution < 1.29 is 9.59 Å². The predicted octanol–water partition coefficient (Wildman–Crippen LogP) is 2.86. The molecule has 2 atom stereocenters. The van der Waals surface area contributed by atoms with Crippen molar-refractivity contribution in [2.45, 2.75) is 83.7 Å². The first kappa shape index (κ1) is 16.3. The van der Waals surface area contributed by atoms with Gasteiger partial charge in [-0.1, -0.05) is 39.5 Å². The van der Waals surface area contributed by atoms with Gasteiger partial charge >= 0.3 is 0 Å². The molecule has 1 aliphatic carbocycles. The highest BCUT2D eigenvalue weighted by Crippen LogP contribution is 2.29. The lowest BCUT2D eigenvalue weighted by Gasteiger charge is -2.44. The second kappa shape index (κ2) is 6.80. The van der Waals surface area contributed by atoms with Gasteiger partial charge in [0, 0.05) is 6.54 Å². The Kier molecular flexibility index (Phi) is 5.28. The van der Waals surface area contributed by atoms with Gasteiger partial charge in [-0.25, -0.2) is 0 Å². The summed E-state index contributed by atoms with van der Waals surface area (Å²) in [5.41, 5.74) is -0.712. The van der Waals surface area contributed by atoms with E-state index in [2.05, 4.69) is 5.32 Å². The molecule has 0 aromatic carbocycles. The van der Waals surface area contributed by atoms with Crippen molar-refractivity contribution in [3.05, 3.63) is 0 Å². The normalized spacial score (nSPS) is 30.8. The maximum absolute atomic E-state index is 12.7. The predicted molar refractivity (Wildman–Crippen MR) is 83.8 cm³/mol. The van der Waals surface area contributed by atoms with Crippen molar-refractivity contribution in [2.75, 3.05) is 6.54 Å². The number of hydrogen-bond donors (Lipinski definition) is 1. The Labute approximate surface area is 128 Å². The van der Waals surface area contributed by atoms with Crippen LogP contribution in [0.1, 0.15) is 72.1 Å². The standard InChI is InChI=1S/C17H30N2O2/c1-4-14-15(20)18-17(3,5-2)16(21)19(14)12-8-11-13-9-6-7-10-13/h13-14H,4-12H2,1-3H3,(H,18,20). The third kappa shape index (κ3) is 3.41. The Bertz CT molecular complexity index is 390. The number of carbonyl (C=O) groups is 2. The molecule has 0 bridgehead atoms. The number of nitrogens with one attached hydrogen (secondary N) is 1. The molecule has 0 aromatic rings. The molecule has 2 fully saturated rings. The van der Waals surface area contributed by atoms with Gasteiger partial charge in [0.05, 0.1) is 0 Å². The third-order valence-corrected chi connectivity index (χ3v) is 5.39. The maximum atomic E-state index is 12.7. The van der Waals surface area contributed by atoms with Crippen molar-refractivity contribution in [2.24, 2.45) is 5.92 Å². The third-order valence-electron chi connectivity index (χ3n) is 5.39. The summed E-state index contributed by atoms with van der Waals surface area (Å²) >= 11 is 0. The van der Waals surface area contributed by atoms with Crippen LogP contribution in [0.5, 0.6) is 0 Å². The number of rotatable bonds is 6. The van der Waals surface area contributed by atoms with E-state index >= 15 is 0 Å². The number of piperazine rings is 1. The summed E-state index contributed by atoms with van der Waals surface area (Å²) in [6.45, 7) is 6.52. The summed E-state index contributed by atoms with van der Waals surface area (Å²) in [4.78, 5) is 26.8. The first-order chi connectivity index (χ1) is 10.0. The Morgan fingerprint density at radius 3 is 2.48 bits per heavy atom.